The van der Waals surface area contributed by atoms with E-state index < -0.39 is 12.6 Å². The van der Waals surface area contributed by atoms with E-state index in [9.17, 15) is 13.2 Å². The highest BCUT2D eigenvalue weighted by molar-refractivity contribution is 5.10. The molecule has 0 amide bonds. The second kappa shape index (κ2) is 5.25. The van der Waals surface area contributed by atoms with Crippen molar-refractivity contribution in [2.24, 2.45) is 5.73 Å². The van der Waals surface area contributed by atoms with E-state index in [0.717, 1.165) is 0 Å². The Kier molecular flexibility index (Phi) is 4.23. The van der Waals surface area contributed by atoms with E-state index >= 15 is 0 Å². The molecule has 0 radical (unpaired) electrons. The molecule has 0 bridgehead atoms. The Bertz CT molecular complexity index is 350. The molecule has 0 aliphatic carbocycles. The molecule has 0 aliphatic heterocycles. The van der Waals surface area contributed by atoms with Gasteiger partial charge in [-0.05, 0) is 19.5 Å². The summed E-state index contributed by atoms with van der Waals surface area (Å²) in [6.07, 6.45) is -4.68. The second-order valence-electron chi connectivity index (χ2n) is 3.57. The maximum Gasteiger partial charge on any atom is 0.389 e. The van der Waals surface area contributed by atoms with E-state index in [-0.39, 0.29) is 12.2 Å². The monoisotopic (exact) mass is 233 g/mol. The van der Waals surface area contributed by atoms with Crippen LogP contribution in [0.4, 0.5) is 13.2 Å². The van der Waals surface area contributed by atoms with Gasteiger partial charge in [0.15, 0.2) is 0 Å². The van der Waals surface area contributed by atoms with Gasteiger partial charge in [0.25, 0.3) is 0 Å². The summed E-state index contributed by atoms with van der Waals surface area (Å²) in [4.78, 5) is 8.00. The first-order valence-electron chi connectivity index (χ1n) is 5.01. The number of hydrogen-bond acceptors (Lipinski definition) is 3. The molecule has 0 saturated carbocycles. The molecule has 0 aliphatic rings. The standard InChI is InChI=1S/C10H14F3N3/c1-7-6-8(3-5-14)16-9(15-7)2-4-10(11,12)13/h6H,2-5,14H2,1H3. The number of aromatic nitrogens is 2. The molecular weight excluding hydrogens is 219 g/mol. The smallest absolute Gasteiger partial charge is 0.330 e. The highest BCUT2D eigenvalue weighted by Crippen LogP contribution is 2.21. The summed E-state index contributed by atoms with van der Waals surface area (Å²) in [5.41, 5.74) is 6.74. The van der Waals surface area contributed by atoms with Crippen molar-refractivity contribution in [1.29, 1.82) is 0 Å². The SMILES string of the molecule is Cc1cc(CCN)nc(CCC(F)(F)F)n1. The van der Waals surface area contributed by atoms with Gasteiger partial charge < -0.3 is 5.73 Å². The number of halogens is 3. The number of rotatable bonds is 4. The van der Waals surface area contributed by atoms with Gasteiger partial charge in [-0.25, -0.2) is 9.97 Å². The molecule has 0 fully saturated rings. The minimum absolute atomic E-state index is 0.178. The summed E-state index contributed by atoms with van der Waals surface area (Å²) in [6, 6.07) is 1.74. The number of aryl methyl sites for hydroxylation is 2. The molecule has 1 rings (SSSR count). The Labute approximate surface area is 91.9 Å². The molecule has 0 saturated heterocycles. The van der Waals surface area contributed by atoms with Crippen LogP contribution in [0.25, 0.3) is 0 Å². The fourth-order valence-corrected chi connectivity index (χ4v) is 1.34. The fraction of sp³-hybridized carbons (Fsp3) is 0.600. The summed E-state index contributed by atoms with van der Waals surface area (Å²) in [5.74, 6) is 0.237. The first-order valence-corrected chi connectivity index (χ1v) is 5.01. The van der Waals surface area contributed by atoms with Gasteiger partial charge in [-0.15, -0.1) is 0 Å². The molecule has 0 aromatic carbocycles. The predicted molar refractivity (Wildman–Crippen MR) is 53.9 cm³/mol. The van der Waals surface area contributed by atoms with Crippen LogP contribution in [-0.2, 0) is 12.8 Å². The third-order valence-corrected chi connectivity index (χ3v) is 1.99. The Morgan fingerprint density at radius 3 is 2.50 bits per heavy atom. The quantitative estimate of drug-likeness (QED) is 0.862. The Hall–Kier alpha value is -1.17. The Morgan fingerprint density at radius 1 is 1.25 bits per heavy atom. The summed E-state index contributed by atoms with van der Waals surface area (Å²) in [7, 11) is 0. The Morgan fingerprint density at radius 2 is 1.94 bits per heavy atom. The van der Waals surface area contributed by atoms with E-state index in [1.165, 1.54) is 0 Å². The minimum Gasteiger partial charge on any atom is -0.330 e. The molecule has 1 heterocycles. The van der Waals surface area contributed by atoms with Gasteiger partial charge in [-0.2, -0.15) is 13.2 Å². The van der Waals surface area contributed by atoms with E-state index in [4.69, 9.17) is 5.73 Å². The molecule has 0 spiro atoms. The summed E-state index contributed by atoms with van der Waals surface area (Å²) in [5, 5.41) is 0. The van der Waals surface area contributed by atoms with Crippen molar-refractivity contribution < 1.29 is 13.2 Å². The number of hydrogen-bond donors (Lipinski definition) is 1. The van der Waals surface area contributed by atoms with Crippen LogP contribution in [0, 0.1) is 6.92 Å². The van der Waals surface area contributed by atoms with E-state index in [1.54, 1.807) is 13.0 Å². The van der Waals surface area contributed by atoms with Crippen molar-refractivity contribution in [3.8, 4) is 0 Å². The topological polar surface area (TPSA) is 51.8 Å². The van der Waals surface area contributed by atoms with Gasteiger partial charge in [-0.1, -0.05) is 0 Å². The van der Waals surface area contributed by atoms with Crippen LogP contribution in [0.1, 0.15) is 23.6 Å². The zero-order valence-electron chi connectivity index (χ0n) is 9.01. The third kappa shape index (κ3) is 4.57. The van der Waals surface area contributed by atoms with Crippen molar-refractivity contribution in [1.82, 2.24) is 9.97 Å². The van der Waals surface area contributed by atoms with Crippen LogP contribution in [-0.4, -0.2) is 22.7 Å². The highest BCUT2D eigenvalue weighted by Gasteiger charge is 2.27. The first-order chi connectivity index (χ1) is 7.40. The van der Waals surface area contributed by atoms with Gasteiger partial charge in [0, 0.05) is 24.2 Å². The second-order valence-corrected chi connectivity index (χ2v) is 3.57. The lowest BCUT2D eigenvalue weighted by atomic mass is 10.2. The predicted octanol–water partition coefficient (Wildman–Crippen LogP) is 1.78. The summed E-state index contributed by atoms with van der Waals surface area (Å²) in [6.45, 7) is 2.16. The van der Waals surface area contributed by atoms with Crippen molar-refractivity contribution in [3.05, 3.63) is 23.3 Å². The van der Waals surface area contributed by atoms with Gasteiger partial charge in [0.2, 0.25) is 0 Å². The minimum atomic E-state index is -4.17. The summed E-state index contributed by atoms with van der Waals surface area (Å²) >= 11 is 0. The van der Waals surface area contributed by atoms with Crippen molar-refractivity contribution in [3.63, 3.8) is 0 Å². The highest BCUT2D eigenvalue weighted by atomic mass is 19.4. The molecule has 0 unspecified atom stereocenters. The molecule has 90 valence electrons. The van der Waals surface area contributed by atoms with Crippen molar-refractivity contribution in [2.75, 3.05) is 6.54 Å². The average molecular weight is 233 g/mol. The largest absolute Gasteiger partial charge is 0.389 e. The maximum absolute atomic E-state index is 12.0. The lowest BCUT2D eigenvalue weighted by Gasteiger charge is -2.07. The van der Waals surface area contributed by atoms with Gasteiger partial charge in [0.1, 0.15) is 5.82 Å². The number of alkyl halides is 3. The molecule has 1 aromatic heterocycles. The average Bonchev–Trinajstić information content (AvgIpc) is 2.13. The van der Waals surface area contributed by atoms with E-state index in [0.29, 0.717) is 24.4 Å². The normalized spacial score (nSPS) is 11.8. The molecule has 1 aromatic rings. The van der Waals surface area contributed by atoms with Gasteiger partial charge >= 0.3 is 6.18 Å². The molecule has 3 nitrogen and oxygen atoms in total. The van der Waals surface area contributed by atoms with Crippen LogP contribution in [0.15, 0.2) is 6.07 Å². The van der Waals surface area contributed by atoms with Crippen LogP contribution >= 0.6 is 0 Å². The van der Waals surface area contributed by atoms with Crippen LogP contribution in [0.2, 0.25) is 0 Å². The lowest BCUT2D eigenvalue weighted by molar-refractivity contribution is -0.134. The lowest BCUT2D eigenvalue weighted by Crippen LogP contribution is -2.12. The molecular formula is C10H14F3N3. The fourth-order valence-electron chi connectivity index (χ4n) is 1.34. The Balaban J connectivity index is 2.72. The van der Waals surface area contributed by atoms with E-state index in [1.807, 2.05) is 0 Å². The van der Waals surface area contributed by atoms with Crippen molar-refractivity contribution >= 4 is 0 Å². The maximum atomic E-state index is 12.0. The van der Waals surface area contributed by atoms with E-state index in [2.05, 4.69) is 9.97 Å². The number of nitrogens with two attached hydrogens (primary N) is 1. The van der Waals surface area contributed by atoms with Crippen LogP contribution < -0.4 is 5.73 Å². The zero-order chi connectivity index (χ0) is 12.2. The van der Waals surface area contributed by atoms with Crippen molar-refractivity contribution in [2.45, 2.75) is 32.4 Å². The molecule has 0 atom stereocenters. The number of nitrogens with zero attached hydrogens (tertiary/aromatic N) is 2. The van der Waals surface area contributed by atoms with Gasteiger partial charge in [0.05, 0.1) is 6.42 Å². The molecule has 16 heavy (non-hydrogen) atoms. The van der Waals surface area contributed by atoms with Crippen LogP contribution in [0.5, 0.6) is 0 Å². The first kappa shape index (κ1) is 12.9. The van der Waals surface area contributed by atoms with Gasteiger partial charge in [-0.3, -0.25) is 0 Å². The molecule has 2 N–H and O–H groups in total. The zero-order valence-corrected chi connectivity index (χ0v) is 9.01. The van der Waals surface area contributed by atoms with Crippen LogP contribution in [0.3, 0.4) is 0 Å². The third-order valence-electron chi connectivity index (χ3n) is 1.99. The summed E-state index contributed by atoms with van der Waals surface area (Å²) < 4.78 is 36.0. The molecule has 6 heteroatoms.